The van der Waals surface area contributed by atoms with E-state index >= 15 is 0 Å². The summed E-state index contributed by atoms with van der Waals surface area (Å²) in [6.07, 6.45) is 7.83. The number of fused-ring (bicyclic) bond motifs is 7. The van der Waals surface area contributed by atoms with E-state index in [4.69, 9.17) is 9.47 Å². The minimum Gasteiger partial charge on any atom is -0.497 e. The lowest BCUT2D eigenvalue weighted by Gasteiger charge is -2.49. The van der Waals surface area contributed by atoms with Crippen LogP contribution in [0.5, 0.6) is 5.75 Å². The Bertz CT molecular complexity index is 595. The Morgan fingerprint density at radius 2 is 2.19 bits per heavy atom. The Morgan fingerprint density at radius 3 is 3.05 bits per heavy atom. The van der Waals surface area contributed by atoms with Gasteiger partial charge in [0.2, 0.25) is 0 Å². The molecule has 2 saturated carbocycles. The van der Waals surface area contributed by atoms with Crippen LogP contribution < -0.4 is 4.74 Å². The van der Waals surface area contributed by atoms with E-state index in [1.54, 1.807) is 18.2 Å². The van der Waals surface area contributed by atoms with E-state index in [1.807, 2.05) is 0 Å². The summed E-state index contributed by atoms with van der Waals surface area (Å²) in [7, 11) is 1.77. The lowest BCUT2D eigenvalue weighted by molar-refractivity contribution is 0.00418. The van der Waals surface area contributed by atoms with Gasteiger partial charge in [-0.2, -0.15) is 0 Å². The quantitative estimate of drug-likeness (QED) is 0.729. The van der Waals surface area contributed by atoms with Gasteiger partial charge in [0.15, 0.2) is 0 Å². The molecule has 1 aliphatic heterocycles. The van der Waals surface area contributed by atoms with Crippen LogP contribution in [-0.4, -0.2) is 19.3 Å². The Morgan fingerprint density at radius 1 is 1.29 bits per heavy atom. The fourth-order valence-corrected chi connectivity index (χ4v) is 5.98. The van der Waals surface area contributed by atoms with Crippen LogP contribution in [0.15, 0.2) is 18.2 Å². The van der Waals surface area contributed by atoms with Gasteiger partial charge in [0, 0.05) is 0 Å². The summed E-state index contributed by atoms with van der Waals surface area (Å²) in [5.41, 5.74) is 3.64. The summed E-state index contributed by atoms with van der Waals surface area (Å²) in [6, 6.07) is 6.78. The molecule has 5 rings (SSSR count). The topological polar surface area (TPSA) is 21.8 Å². The lowest BCUT2D eigenvalue weighted by Crippen LogP contribution is -2.42. The van der Waals surface area contributed by atoms with E-state index in [2.05, 4.69) is 25.1 Å². The molecule has 0 radical (unpaired) electrons. The zero-order valence-corrected chi connectivity index (χ0v) is 13.0. The maximum atomic E-state index is 5.89. The first kappa shape index (κ1) is 12.5. The monoisotopic (exact) mass is 284 g/mol. The molecule has 4 aliphatic rings. The molecule has 1 aromatic rings. The summed E-state index contributed by atoms with van der Waals surface area (Å²) < 4.78 is 11.3. The van der Waals surface area contributed by atoms with E-state index in [0.717, 1.165) is 23.5 Å². The van der Waals surface area contributed by atoms with E-state index in [1.165, 1.54) is 32.1 Å². The second-order valence-electron chi connectivity index (χ2n) is 7.86. The van der Waals surface area contributed by atoms with Crippen molar-refractivity contribution in [3.8, 4) is 5.75 Å². The molecule has 2 nitrogen and oxygen atoms in total. The summed E-state index contributed by atoms with van der Waals surface area (Å²) >= 11 is 0. The van der Waals surface area contributed by atoms with Crippen LogP contribution in [-0.2, 0) is 11.2 Å². The van der Waals surface area contributed by atoms with Crippen LogP contribution in [0.2, 0.25) is 0 Å². The van der Waals surface area contributed by atoms with E-state index in [9.17, 15) is 0 Å². The molecule has 112 valence electrons. The summed E-state index contributed by atoms with van der Waals surface area (Å²) in [5, 5.41) is 0. The first-order chi connectivity index (χ1) is 10.2. The average Bonchev–Trinajstić information content (AvgIpc) is 3.23. The van der Waals surface area contributed by atoms with Crippen molar-refractivity contribution in [1.29, 1.82) is 0 Å². The number of rotatable bonds is 1. The summed E-state index contributed by atoms with van der Waals surface area (Å²) in [6.45, 7) is 2.51. The molecule has 0 aromatic heterocycles. The molecule has 3 fully saturated rings. The number of ether oxygens (including phenoxy) is 2. The molecule has 2 heteroatoms. The number of benzene rings is 1. The van der Waals surface area contributed by atoms with Gasteiger partial charge in [0.1, 0.15) is 5.75 Å². The van der Waals surface area contributed by atoms with Crippen LogP contribution in [0.1, 0.15) is 49.7 Å². The van der Waals surface area contributed by atoms with Crippen molar-refractivity contribution in [1.82, 2.24) is 0 Å². The molecule has 1 aromatic carbocycles. The predicted molar refractivity (Wildman–Crippen MR) is 81.7 cm³/mol. The minimum atomic E-state index is 0.482. The molecule has 1 heterocycles. The molecule has 0 amide bonds. The van der Waals surface area contributed by atoms with Crippen molar-refractivity contribution < 1.29 is 9.47 Å². The number of aryl methyl sites for hydroxylation is 1. The van der Waals surface area contributed by atoms with Crippen molar-refractivity contribution in [2.24, 2.45) is 17.3 Å². The molecule has 1 saturated heterocycles. The van der Waals surface area contributed by atoms with Crippen molar-refractivity contribution in [2.75, 3.05) is 7.11 Å². The zero-order chi connectivity index (χ0) is 14.2. The van der Waals surface area contributed by atoms with Gasteiger partial charge in [-0.15, -0.1) is 0 Å². The van der Waals surface area contributed by atoms with Gasteiger partial charge >= 0.3 is 0 Å². The normalized spacial score (nSPS) is 46.1. The van der Waals surface area contributed by atoms with Gasteiger partial charge in [-0.3, -0.25) is 0 Å². The molecule has 0 N–H and O–H groups in total. The van der Waals surface area contributed by atoms with Gasteiger partial charge in [-0.25, -0.2) is 0 Å². The smallest absolute Gasteiger partial charge is 0.119 e. The standard InChI is InChI=1S/C19H24O2/c1-19-8-7-14-13-6-4-12(20-2)9-11(13)3-5-15(14)16(19)10-17-18(19)21-17/h4,6,9,14-18H,3,5,7-8,10H2,1-2H3. The molecule has 0 spiro atoms. The second kappa shape index (κ2) is 4.04. The highest BCUT2D eigenvalue weighted by Gasteiger charge is 2.66. The maximum Gasteiger partial charge on any atom is 0.119 e. The van der Waals surface area contributed by atoms with E-state index in [0.29, 0.717) is 17.6 Å². The molecular formula is C19H24O2. The van der Waals surface area contributed by atoms with E-state index in [-0.39, 0.29) is 0 Å². The van der Waals surface area contributed by atoms with Crippen LogP contribution in [0.4, 0.5) is 0 Å². The Hall–Kier alpha value is -1.02. The number of epoxide rings is 1. The zero-order valence-electron chi connectivity index (χ0n) is 13.0. The first-order valence-corrected chi connectivity index (χ1v) is 8.53. The van der Waals surface area contributed by atoms with Crippen molar-refractivity contribution in [2.45, 2.75) is 57.2 Å². The fraction of sp³-hybridized carbons (Fsp3) is 0.684. The third kappa shape index (κ3) is 1.57. The number of hydrogen-bond acceptors (Lipinski definition) is 2. The summed E-state index contributed by atoms with van der Waals surface area (Å²) in [5.74, 6) is 3.59. The highest BCUT2D eigenvalue weighted by atomic mass is 16.6. The van der Waals surface area contributed by atoms with Crippen LogP contribution in [0.25, 0.3) is 0 Å². The van der Waals surface area contributed by atoms with Gasteiger partial charge in [0.25, 0.3) is 0 Å². The minimum absolute atomic E-state index is 0.482. The Balaban J connectivity index is 1.51. The fourth-order valence-electron chi connectivity index (χ4n) is 5.98. The van der Waals surface area contributed by atoms with Crippen LogP contribution in [0.3, 0.4) is 0 Å². The van der Waals surface area contributed by atoms with Crippen LogP contribution in [0, 0.1) is 17.3 Å². The number of hydrogen-bond donors (Lipinski definition) is 0. The van der Waals surface area contributed by atoms with E-state index < -0.39 is 0 Å². The van der Waals surface area contributed by atoms with Crippen molar-refractivity contribution >= 4 is 0 Å². The lowest BCUT2D eigenvalue weighted by atomic mass is 9.55. The largest absolute Gasteiger partial charge is 0.497 e. The molecule has 0 bridgehead atoms. The maximum absolute atomic E-state index is 5.89. The first-order valence-electron chi connectivity index (χ1n) is 8.53. The second-order valence-corrected chi connectivity index (χ2v) is 7.86. The Kier molecular flexibility index (Phi) is 2.41. The third-order valence-corrected chi connectivity index (χ3v) is 7.09. The number of methoxy groups -OCH3 is 1. The predicted octanol–water partition coefficient (Wildman–Crippen LogP) is 3.93. The average molecular weight is 284 g/mol. The van der Waals surface area contributed by atoms with Gasteiger partial charge in [0.05, 0.1) is 19.3 Å². The summed E-state index contributed by atoms with van der Waals surface area (Å²) in [4.78, 5) is 0. The third-order valence-electron chi connectivity index (χ3n) is 7.09. The molecular weight excluding hydrogens is 260 g/mol. The highest BCUT2D eigenvalue weighted by Crippen LogP contribution is 2.66. The SMILES string of the molecule is COc1ccc2c(c1)CCC1C2CCC2(C)C1CC1OC12. The van der Waals surface area contributed by atoms with Crippen molar-refractivity contribution in [3.63, 3.8) is 0 Å². The highest BCUT2D eigenvalue weighted by molar-refractivity contribution is 5.41. The molecule has 3 aliphatic carbocycles. The molecule has 21 heavy (non-hydrogen) atoms. The van der Waals surface area contributed by atoms with Crippen molar-refractivity contribution in [3.05, 3.63) is 29.3 Å². The van der Waals surface area contributed by atoms with Gasteiger partial charge in [-0.1, -0.05) is 13.0 Å². The molecule has 6 unspecified atom stereocenters. The molecule has 6 atom stereocenters. The van der Waals surface area contributed by atoms with Crippen LogP contribution >= 0.6 is 0 Å². The van der Waals surface area contributed by atoms with Gasteiger partial charge < -0.3 is 9.47 Å². The van der Waals surface area contributed by atoms with Gasteiger partial charge in [-0.05, 0) is 78.5 Å². The Labute approximate surface area is 126 Å².